The van der Waals surface area contributed by atoms with Crippen molar-refractivity contribution in [2.75, 3.05) is 0 Å². The highest BCUT2D eigenvalue weighted by Crippen LogP contribution is 2.19. The van der Waals surface area contributed by atoms with Gasteiger partial charge in [-0.05, 0) is 42.3 Å². The summed E-state index contributed by atoms with van der Waals surface area (Å²) in [6.07, 6.45) is 0.682. The van der Waals surface area contributed by atoms with Crippen molar-refractivity contribution in [3.63, 3.8) is 0 Å². The largest absolute Gasteiger partial charge is 0.386 e. The van der Waals surface area contributed by atoms with Crippen LogP contribution >= 0.6 is 0 Å². The van der Waals surface area contributed by atoms with E-state index in [0.717, 1.165) is 23.8 Å². The van der Waals surface area contributed by atoms with Crippen molar-refractivity contribution in [1.29, 1.82) is 0 Å². The summed E-state index contributed by atoms with van der Waals surface area (Å²) < 4.78 is 26.4. The topological polar surface area (TPSA) is 33.1 Å². The summed E-state index contributed by atoms with van der Waals surface area (Å²) in [4.78, 5) is 4.06. The molecule has 18 heavy (non-hydrogen) atoms. The summed E-state index contributed by atoms with van der Waals surface area (Å²) in [5.74, 6) is -1.04. The lowest BCUT2D eigenvalue weighted by molar-refractivity contribution is 0.172. The molecule has 2 aromatic rings. The quantitative estimate of drug-likeness (QED) is 0.907. The van der Waals surface area contributed by atoms with Gasteiger partial charge in [-0.2, -0.15) is 0 Å². The van der Waals surface area contributed by atoms with Crippen LogP contribution < -0.4 is 0 Å². The Morgan fingerprint density at radius 2 is 2.00 bits per heavy atom. The maximum atomic E-state index is 13.4. The molecular formula is C14H13F2NO. The molecule has 0 saturated heterocycles. The molecule has 2 nitrogen and oxygen atoms in total. The second kappa shape index (κ2) is 5.23. The van der Waals surface area contributed by atoms with Crippen LogP contribution in [0.15, 0.2) is 36.5 Å². The van der Waals surface area contributed by atoms with Gasteiger partial charge in [-0.3, -0.25) is 4.98 Å². The minimum atomic E-state index is -0.943. The van der Waals surface area contributed by atoms with E-state index in [1.54, 1.807) is 12.3 Å². The molecular weight excluding hydrogens is 236 g/mol. The molecule has 0 aliphatic carbocycles. The third kappa shape index (κ3) is 2.90. The van der Waals surface area contributed by atoms with Gasteiger partial charge in [-0.25, -0.2) is 8.78 Å². The van der Waals surface area contributed by atoms with E-state index >= 15 is 0 Å². The molecule has 1 heterocycles. The third-order valence-corrected chi connectivity index (χ3v) is 2.70. The molecule has 0 bridgehead atoms. The fourth-order valence-corrected chi connectivity index (χ4v) is 1.69. The molecule has 0 radical (unpaired) electrons. The highest BCUT2D eigenvalue weighted by Gasteiger charge is 2.13. The lowest BCUT2D eigenvalue weighted by Gasteiger charge is -2.11. The maximum absolute atomic E-state index is 13.4. The van der Waals surface area contributed by atoms with E-state index in [9.17, 15) is 13.9 Å². The number of aliphatic hydroxyl groups excluding tert-OH is 1. The van der Waals surface area contributed by atoms with E-state index in [1.165, 1.54) is 0 Å². The van der Waals surface area contributed by atoms with E-state index in [2.05, 4.69) is 4.98 Å². The number of hydrogen-bond acceptors (Lipinski definition) is 2. The molecule has 0 amide bonds. The lowest BCUT2D eigenvalue weighted by atomic mass is 10.0. The number of aromatic nitrogens is 1. The van der Waals surface area contributed by atoms with Gasteiger partial charge in [0.05, 0.1) is 5.69 Å². The zero-order chi connectivity index (χ0) is 13.1. The van der Waals surface area contributed by atoms with Crippen molar-refractivity contribution in [1.82, 2.24) is 4.98 Å². The van der Waals surface area contributed by atoms with Gasteiger partial charge >= 0.3 is 0 Å². The fourth-order valence-electron chi connectivity index (χ4n) is 1.69. The fraction of sp³-hybridized carbons (Fsp3) is 0.214. The summed E-state index contributed by atoms with van der Waals surface area (Å²) in [5, 5.41) is 9.93. The molecule has 94 valence electrons. The summed E-state index contributed by atoms with van der Waals surface area (Å²) in [7, 11) is 0. The summed E-state index contributed by atoms with van der Waals surface area (Å²) in [5.41, 5.74) is 1.57. The molecule has 0 saturated carbocycles. The van der Waals surface area contributed by atoms with Crippen molar-refractivity contribution in [3.8, 4) is 0 Å². The Bertz CT molecular complexity index is 540. The summed E-state index contributed by atoms with van der Waals surface area (Å²) in [6, 6.07) is 6.69. The molecule has 0 aliphatic rings. The Balaban J connectivity index is 2.18. The predicted molar refractivity (Wildman–Crippen MR) is 64.0 cm³/mol. The first-order valence-corrected chi connectivity index (χ1v) is 5.61. The Labute approximate surface area is 104 Å². The highest BCUT2D eigenvalue weighted by molar-refractivity contribution is 5.22. The van der Waals surface area contributed by atoms with Crippen LogP contribution in [0.5, 0.6) is 0 Å². The van der Waals surface area contributed by atoms with Gasteiger partial charge in [0.15, 0.2) is 0 Å². The van der Waals surface area contributed by atoms with E-state index < -0.39 is 17.7 Å². The van der Waals surface area contributed by atoms with Crippen LogP contribution in [0.1, 0.15) is 22.9 Å². The highest BCUT2D eigenvalue weighted by atomic mass is 19.1. The van der Waals surface area contributed by atoms with Crippen molar-refractivity contribution in [2.24, 2.45) is 0 Å². The van der Waals surface area contributed by atoms with Gasteiger partial charge in [-0.1, -0.05) is 6.07 Å². The van der Waals surface area contributed by atoms with Crippen molar-refractivity contribution >= 4 is 0 Å². The number of halogens is 2. The van der Waals surface area contributed by atoms with Gasteiger partial charge in [0.2, 0.25) is 0 Å². The molecule has 1 unspecified atom stereocenters. The normalized spacial score (nSPS) is 12.4. The molecule has 1 atom stereocenters. The Hall–Kier alpha value is -1.81. The molecule has 0 fully saturated rings. The average Bonchev–Trinajstić information content (AvgIpc) is 2.34. The molecule has 0 aliphatic heterocycles. The van der Waals surface area contributed by atoms with Gasteiger partial charge in [-0.15, -0.1) is 0 Å². The molecule has 2 rings (SSSR count). The molecule has 4 heteroatoms. The predicted octanol–water partition coefficient (Wildman–Crippen LogP) is 2.94. The van der Waals surface area contributed by atoms with Crippen molar-refractivity contribution < 1.29 is 13.9 Å². The molecule has 1 aromatic carbocycles. The molecule has 1 aromatic heterocycles. The minimum absolute atomic E-state index is 0.000343. The number of pyridine rings is 1. The number of hydrogen-bond donors (Lipinski definition) is 1. The van der Waals surface area contributed by atoms with Crippen molar-refractivity contribution in [2.45, 2.75) is 19.4 Å². The molecule has 0 spiro atoms. The van der Waals surface area contributed by atoms with Crippen LogP contribution in [0.3, 0.4) is 0 Å². The van der Waals surface area contributed by atoms with Gasteiger partial charge in [0.25, 0.3) is 0 Å². The van der Waals surface area contributed by atoms with Crippen LogP contribution in [0.2, 0.25) is 0 Å². The number of rotatable bonds is 3. The number of aliphatic hydroxyl groups is 1. The standard InChI is InChI=1S/C14H13F2NO/c1-9-2-5-13(17-8-9)14(18)7-10-6-11(15)3-4-12(10)16/h2-6,8,14,18H,7H2,1H3. The van der Waals surface area contributed by atoms with Gasteiger partial charge < -0.3 is 5.11 Å². The zero-order valence-electron chi connectivity index (χ0n) is 9.90. The Morgan fingerprint density at radius 3 is 2.67 bits per heavy atom. The number of benzene rings is 1. The minimum Gasteiger partial charge on any atom is -0.386 e. The third-order valence-electron chi connectivity index (χ3n) is 2.70. The van der Waals surface area contributed by atoms with E-state index in [0.29, 0.717) is 5.69 Å². The van der Waals surface area contributed by atoms with E-state index in [1.807, 2.05) is 13.0 Å². The average molecular weight is 249 g/mol. The van der Waals surface area contributed by atoms with Gasteiger partial charge in [0.1, 0.15) is 17.7 Å². The van der Waals surface area contributed by atoms with Crippen LogP contribution in [0.4, 0.5) is 8.78 Å². The van der Waals surface area contributed by atoms with Crippen LogP contribution in [0.25, 0.3) is 0 Å². The van der Waals surface area contributed by atoms with Gasteiger partial charge in [0, 0.05) is 12.6 Å². The number of aryl methyl sites for hydroxylation is 1. The number of nitrogens with zero attached hydrogens (tertiary/aromatic N) is 1. The Kier molecular flexibility index (Phi) is 3.67. The first kappa shape index (κ1) is 12.6. The van der Waals surface area contributed by atoms with E-state index in [4.69, 9.17) is 0 Å². The van der Waals surface area contributed by atoms with Crippen molar-refractivity contribution in [3.05, 3.63) is 65.0 Å². The first-order valence-electron chi connectivity index (χ1n) is 5.61. The summed E-state index contributed by atoms with van der Waals surface area (Å²) >= 11 is 0. The monoisotopic (exact) mass is 249 g/mol. The second-order valence-corrected chi connectivity index (χ2v) is 4.22. The Morgan fingerprint density at radius 1 is 1.22 bits per heavy atom. The summed E-state index contributed by atoms with van der Waals surface area (Å²) in [6.45, 7) is 1.88. The molecule has 1 N–H and O–H groups in total. The van der Waals surface area contributed by atoms with E-state index in [-0.39, 0.29) is 12.0 Å². The van der Waals surface area contributed by atoms with Crippen LogP contribution in [-0.2, 0) is 6.42 Å². The smallest absolute Gasteiger partial charge is 0.126 e. The maximum Gasteiger partial charge on any atom is 0.126 e. The lowest BCUT2D eigenvalue weighted by Crippen LogP contribution is -2.06. The second-order valence-electron chi connectivity index (χ2n) is 4.22. The van der Waals surface area contributed by atoms with Crippen LogP contribution in [0, 0.1) is 18.6 Å². The first-order chi connectivity index (χ1) is 8.56. The van der Waals surface area contributed by atoms with Crippen LogP contribution in [-0.4, -0.2) is 10.1 Å². The SMILES string of the molecule is Cc1ccc(C(O)Cc2cc(F)ccc2F)nc1. The zero-order valence-corrected chi connectivity index (χ0v) is 9.90.